The van der Waals surface area contributed by atoms with Crippen LogP contribution in [0.15, 0.2) is 42.5 Å². The Bertz CT molecular complexity index is 586. The first-order chi connectivity index (χ1) is 9.50. The molecule has 0 aliphatic heterocycles. The standard InChI is InChI=1S/C15H17NO4/c16-13(10-6-7-11(17)15(20)14(10)19)12(18)8-9-4-2-1-3-5-9/h1-7,12-13,17-20H,8,16H2/t12-,13+/m0/s1. The van der Waals surface area contributed by atoms with Crippen LogP contribution in [0.25, 0.3) is 0 Å². The molecule has 0 radical (unpaired) electrons. The van der Waals surface area contributed by atoms with Crippen LogP contribution in [0.1, 0.15) is 17.2 Å². The minimum absolute atomic E-state index is 0.184. The third-order valence-corrected chi connectivity index (χ3v) is 3.22. The molecule has 0 saturated carbocycles. The number of phenols is 3. The van der Waals surface area contributed by atoms with Crippen LogP contribution in [0.2, 0.25) is 0 Å². The zero-order valence-electron chi connectivity index (χ0n) is 10.8. The summed E-state index contributed by atoms with van der Waals surface area (Å²) < 4.78 is 0. The number of rotatable bonds is 4. The van der Waals surface area contributed by atoms with Crippen molar-refractivity contribution in [2.75, 3.05) is 0 Å². The molecule has 5 heteroatoms. The second kappa shape index (κ2) is 5.81. The molecule has 0 amide bonds. The van der Waals surface area contributed by atoms with Crippen molar-refractivity contribution in [2.45, 2.75) is 18.6 Å². The molecule has 0 aromatic heterocycles. The van der Waals surface area contributed by atoms with E-state index in [2.05, 4.69) is 0 Å². The highest BCUT2D eigenvalue weighted by Crippen LogP contribution is 2.39. The summed E-state index contributed by atoms with van der Waals surface area (Å²) in [6.07, 6.45) is -0.601. The molecule has 0 aliphatic carbocycles. The van der Waals surface area contributed by atoms with Crippen LogP contribution >= 0.6 is 0 Å². The molecule has 2 aromatic carbocycles. The van der Waals surface area contributed by atoms with Gasteiger partial charge in [-0.15, -0.1) is 0 Å². The van der Waals surface area contributed by atoms with Gasteiger partial charge < -0.3 is 26.2 Å². The molecule has 0 fully saturated rings. The zero-order chi connectivity index (χ0) is 14.7. The van der Waals surface area contributed by atoms with Crippen molar-refractivity contribution >= 4 is 0 Å². The smallest absolute Gasteiger partial charge is 0.200 e. The van der Waals surface area contributed by atoms with Crippen LogP contribution < -0.4 is 5.73 Å². The molecular formula is C15H17NO4. The van der Waals surface area contributed by atoms with E-state index in [0.717, 1.165) is 5.56 Å². The highest BCUT2D eigenvalue weighted by molar-refractivity contribution is 5.54. The van der Waals surface area contributed by atoms with Crippen molar-refractivity contribution in [3.8, 4) is 17.2 Å². The van der Waals surface area contributed by atoms with Gasteiger partial charge in [0, 0.05) is 12.0 Å². The quantitative estimate of drug-likeness (QED) is 0.542. The molecule has 2 rings (SSSR count). The third-order valence-electron chi connectivity index (χ3n) is 3.22. The van der Waals surface area contributed by atoms with Gasteiger partial charge in [0.1, 0.15) is 0 Å². The molecule has 0 aliphatic rings. The van der Waals surface area contributed by atoms with Crippen LogP contribution in [-0.4, -0.2) is 26.5 Å². The van der Waals surface area contributed by atoms with Gasteiger partial charge in [-0.25, -0.2) is 0 Å². The summed E-state index contributed by atoms with van der Waals surface area (Å²) in [7, 11) is 0. The Labute approximate surface area is 116 Å². The van der Waals surface area contributed by atoms with E-state index in [9.17, 15) is 20.4 Å². The van der Waals surface area contributed by atoms with Gasteiger partial charge in [-0.2, -0.15) is 0 Å². The Morgan fingerprint density at radius 2 is 1.55 bits per heavy atom. The highest BCUT2D eigenvalue weighted by Gasteiger charge is 2.23. The number of aliphatic hydroxyl groups is 1. The molecule has 0 saturated heterocycles. The van der Waals surface area contributed by atoms with Gasteiger partial charge in [0.05, 0.1) is 12.1 Å². The van der Waals surface area contributed by atoms with Crippen LogP contribution in [0.4, 0.5) is 0 Å². The van der Waals surface area contributed by atoms with Crippen LogP contribution in [-0.2, 0) is 6.42 Å². The summed E-state index contributed by atoms with van der Waals surface area (Å²) in [5, 5.41) is 38.6. The first-order valence-corrected chi connectivity index (χ1v) is 6.22. The summed E-state index contributed by atoms with van der Waals surface area (Å²) in [6.45, 7) is 0. The first-order valence-electron chi connectivity index (χ1n) is 6.22. The van der Waals surface area contributed by atoms with E-state index >= 15 is 0 Å². The van der Waals surface area contributed by atoms with Crippen LogP contribution in [0.3, 0.4) is 0 Å². The maximum atomic E-state index is 10.1. The molecular weight excluding hydrogens is 258 g/mol. The Hall–Kier alpha value is -2.24. The lowest BCUT2D eigenvalue weighted by atomic mass is 9.96. The second-order valence-electron chi connectivity index (χ2n) is 4.65. The van der Waals surface area contributed by atoms with Gasteiger partial charge in [-0.3, -0.25) is 0 Å². The van der Waals surface area contributed by atoms with Crippen molar-refractivity contribution in [1.29, 1.82) is 0 Å². The van der Waals surface area contributed by atoms with Crippen molar-refractivity contribution in [2.24, 2.45) is 5.73 Å². The SMILES string of the molecule is N[C@H](c1ccc(O)c(O)c1O)[C@@H](O)Cc1ccccc1. The lowest BCUT2D eigenvalue weighted by molar-refractivity contribution is 0.143. The Balaban J connectivity index is 2.19. The molecule has 0 unspecified atom stereocenters. The molecule has 5 nitrogen and oxygen atoms in total. The van der Waals surface area contributed by atoms with E-state index in [1.807, 2.05) is 30.3 Å². The predicted octanol–water partition coefficient (Wildman–Crippen LogP) is 1.41. The second-order valence-corrected chi connectivity index (χ2v) is 4.65. The summed E-state index contributed by atoms with van der Waals surface area (Å²) in [6, 6.07) is 11.0. The number of phenolic OH excluding ortho intramolecular Hbond substituents is 3. The number of aliphatic hydroxyl groups excluding tert-OH is 1. The third kappa shape index (κ3) is 2.84. The molecule has 20 heavy (non-hydrogen) atoms. The van der Waals surface area contributed by atoms with E-state index in [1.165, 1.54) is 12.1 Å². The Morgan fingerprint density at radius 1 is 0.900 bits per heavy atom. The molecule has 6 N–H and O–H groups in total. The normalized spacial score (nSPS) is 13.9. The van der Waals surface area contributed by atoms with E-state index in [-0.39, 0.29) is 5.56 Å². The number of hydrogen-bond acceptors (Lipinski definition) is 5. The summed E-state index contributed by atoms with van der Waals surface area (Å²) in [5.41, 5.74) is 7.00. The van der Waals surface area contributed by atoms with E-state index < -0.39 is 29.4 Å². The monoisotopic (exact) mass is 275 g/mol. The van der Waals surface area contributed by atoms with Crippen molar-refractivity contribution in [3.63, 3.8) is 0 Å². The highest BCUT2D eigenvalue weighted by atomic mass is 16.3. The lowest BCUT2D eigenvalue weighted by Gasteiger charge is -2.20. The van der Waals surface area contributed by atoms with Gasteiger partial charge >= 0.3 is 0 Å². The van der Waals surface area contributed by atoms with Gasteiger partial charge in [-0.1, -0.05) is 30.3 Å². The van der Waals surface area contributed by atoms with E-state index in [0.29, 0.717) is 6.42 Å². The fraction of sp³-hybridized carbons (Fsp3) is 0.200. The van der Waals surface area contributed by atoms with E-state index in [4.69, 9.17) is 5.73 Å². The minimum atomic E-state index is -0.924. The summed E-state index contributed by atoms with van der Waals surface area (Å²) in [5.74, 6) is -1.58. The number of nitrogens with two attached hydrogens (primary N) is 1. The van der Waals surface area contributed by atoms with Gasteiger partial charge in [0.25, 0.3) is 0 Å². The molecule has 0 heterocycles. The molecule has 0 bridgehead atoms. The minimum Gasteiger partial charge on any atom is -0.504 e. The fourth-order valence-corrected chi connectivity index (χ4v) is 2.04. The molecule has 2 aromatic rings. The summed E-state index contributed by atoms with van der Waals surface area (Å²) in [4.78, 5) is 0. The average Bonchev–Trinajstić information content (AvgIpc) is 2.45. The Kier molecular flexibility index (Phi) is 4.12. The average molecular weight is 275 g/mol. The van der Waals surface area contributed by atoms with Gasteiger partial charge in [-0.05, 0) is 17.7 Å². The maximum absolute atomic E-state index is 10.1. The lowest BCUT2D eigenvalue weighted by Crippen LogP contribution is -2.28. The zero-order valence-corrected chi connectivity index (χ0v) is 10.8. The number of hydrogen-bond donors (Lipinski definition) is 5. The molecule has 2 atom stereocenters. The van der Waals surface area contributed by atoms with Gasteiger partial charge in [0.2, 0.25) is 5.75 Å². The van der Waals surface area contributed by atoms with Crippen LogP contribution in [0.5, 0.6) is 17.2 Å². The maximum Gasteiger partial charge on any atom is 0.200 e. The van der Waals surface area contributed by atoms with Crippen molar-refractivity contribution in [3.05, 3.63) is 53.6 Å². The van der Waals surface area contributed by atoms with E-state index in [1.54, 1.807) is 0 Å². The van der Waals surface area contributed by atoms with Gasteiger partial charge in [0.15, 0.2) is 11.5 Å². The first kappa shape index (κ1) is 14.2. The molecule has 0 spiro atoms. The van der Waals surface area contributed by atoms with Crippen LogP contribution in [0, 0.1) is 0 Å². The van der Waals surface area contributed by atoms with Crippen molar-refractivity contribution < 1.29 is 20.4 Å². The molecule has 106 valence electrons. The number of aromatic hydroxyl groups is 3. The Morgan fingerprint density at radius 3 is 2.20 bits per heavy atom. The number of benzene rings is 2. The predicted molar refractivity (Wildman–Crippen MR) is 74.5 cm³/mol. The topological polar surface area (TPSA) is 107 Å². The largest absolute Gasteiger partial charge is 0.504 e. The fourth-order valence-electron chi connectivity index (χ4n) is 2.04. The van der Waals surface area contributed by atoms with Crippen molar-refractivity contribution in [1.82, 2.24) is 0 Å². The summed E-state index contributed by atoms with van der Waals surface area (Å²) >= 11 is 0.